The van der Waals surface area contributed by atoms with E-state index in [2.05, 4.69) is 20.0 Å². The molecule has 7 heteroatoms. The van der Waals surface area contributed by atoms with Gasteiger partial charge in [-0.15, -0.1) is 0 Å². The summed E-state index contributed by atoms with van der Waals surface area (Å²) in [7, 11) is 0. The van der Waals surface area contributed by atoms with Crippen LogP contribution in [-0.2, 0) is 24.3 Å². The van der Waals surface area contributed by atoms with Gasteiger partial charge in [-0.2, -0.15) is 5.10 Å². The number of ketones is 1. The van der Waals surface area contributed by atoms with Crippen molar-refractivity contribution in [1.82, 2.24) is 19.3 Å². The predicted octanol–water partition coefficient (Wildman–Crippen LogP) is 1.87. The molecule has 0 bridgehead atoms. The van der Waals surface area contributed by atoms with Crippen LogP contribution in [0.4, 0.5) is 5.82 Å². The molecule has 23 heavy (non-hydrogen) atoms. The van der Waals surface area contributed by atoms with Crippen molar-refractivity contribution in [2.75, 3.05) is 5.32 Å². The van der Waals surface area contributed by atoms with E-state index in [-0.39, 0.29) is 18.2 Å². The van der Waals surface area contributed by atoms with Crippen molar-refractivity contribution in [2.24, 2.45) is 0 Å². The molecular weight excluding hydrogens is 294 g/mol. The fourth-order valence-corrected chi connectivity index (χ4v) is 3.19. The molecule has 3 heterocycles. The van der Waals surface area contributed by atoms with E-state index in [0.29, 0.717) is 11.3 Å². The number of amides is 1. The van der Waals surface area contributed by atoms with Crippen LogP contribution < -0.4 is 5.32 Å². The van der Waals surface area contributed by atoms with E-state index in [1.807, 2.05) is 6.92 Å². The van der Waals surface area contributed by atoms with Gasteiger partial charge in [-0.05, 0) is 33.6 Å². The third-order valence-electron chi connectivity index (χ3n) is 4.26. The van der Waals surface area contributed by atoms with Crippen LogP contribution in [0.25, 0.3) is 0 Å². The first kappa shape index (κ1) is 15.5. The van der Waals surface area contributed by atoms with E-state index in [9.17, 15) is 9.59 Å². The quantitative estimate of drug-likeness (QED) is 0.873. The van der Waals surface area contributed by atoms with E-state index < -0.39 is 0 Å². The summed E-state index contributed by atoms with van der Waals surface area (Å²) < 4.78 is 3.64. The summed E-state index contributed by atoms with van der Waals surface area (Å²) in [6.07, 6.45) is 4.91. The van der Waals surface area contributed by atoms with E-state index >= 15 is 0 Å². The summed E-state index contributed by atoms with van der Waals surface area (Å²) in [5.74, 6) is 1.56. The number of nitrogens with one attached hydrogen (secondary N) is 1. The van der Waals surface area contributed by atoms with Crippen LogP contribution in [0.2, 0.25) is 0 Å². The molecule has 0 aromatic carbocycles. The van der Waals surface area contributed by atoms with Gasteiger partial charge in [0.1, 0.15) is 18.2 Å². The molecule has 0 aliphatic carbocycles. The number of aromatic nitrogens is 4. The van der Waals surface area contributed by atoms with Crippen LogP contribution in [-0.4, -0.2) is 31.0 Å². The maximum Gasteiger partial charge on any atom is 0.247 e. The van der Waals surface area contributed by atoms with Crippen LogP contribution in [0, 0.1) is 13.8 Å². The van der Waals surface area contributed by atoms with Crippen LogP contribution in [0.1, 0.15) is 47.3 Å². The van der Waals surface area contributed by atoms with Crippen LogP contribution in [0.3, 0.4) is 0 Å². The summed E-state index contributed by atoms with van der Waals surface area (Å²) in [4.78, 5) is 28.3. The molecule has 1 amide bonds. The zero-order valence-electron chi connectivity index (χ0n) is 13.7. The lowest BCUT2D eigenvalue weighted by molar-refractivity contribution is -0.117. The van der Waals surface area contributed by atoms with Crippen LogP contribution in [0.15, 0.2) is 6.20 Å². The first-order chi connectivity index (χ1) is 11.0. The molecule has 0 unspecified atom stereocenters. The smallest absolute Gasteiger partial charge is 0.247 e. The fraction of sp³-hybridized carbons (Fsp3) is 0.500. The lowest BCUT2D eigenvalue weighted by Crippen LogP contribution is -2.23. The average Bonchev–Trinajstić information content (AvgIpc) is 3.01. The van der Waals surface area contributed by atoms with E-state index in [1.54, 1.807) is 17.8 Å². The Morgan fingerprint density at radius 3 is 2.78 bits per heavy atom. The number of hydrogen-bond acceptors (Lipinski definition) is 4. The summed E-state index contributed by atoms with van der Waals surface area (Å²) in [5.41, 5.74) is 1.98. The molecule has 1 aliphatic rings. The van der Waals surface area contributed by atoms with Crippen molar-refractivity contribution in [1.29, 1.82) is 0 Å². The zero-order chi connectivity index (χ0) is 16.6. The van der Waals surface area contributed by atoms with Gasteiger partial charge in [0, 0.05) is 18.7 Å². The summed E-state index contributed by atoms with van der Waals surface area (Å²) in [5, 5.41) is 7.20. The largest absolute Gasteiger partial charge is 0.315 e. The topological polar surface area (TPSA) is 81.8 Å². The Bertz CT molecular complexity index is 772. The molecule has 0 spiro atoms. The molecule has 0 saturated carbocycles. The van der Waals surface area contributed by atoms with Gasteiger partial charge < -0.3 is 9.88 Å². The first-order valence-corrected chi connectivity index (χ1v) is 7.86. The molecule has 2 aromatic heterocycles. The van der Waals surface area contributed by atoms with Gasteiger partial charge in [0.25, 0.3) is 0 Å². The number of anilines is 1. The van der Waals surface area contributed by atoms with Crippen molar-refractivity contribution < 1.29 is 9.59 Å². The standard InChI is InChI=1S/C16H21N5O2/c1-10-16(12(3)22)11(2)21(19-10)9-15(23)18-14-8-17-13-6-4-5-7-20(13)14/h8H,4-7,9H2,1-3H3,(H,18,23). The summed E-state index contributed by atoms with van der Waals surface area (Å²) >= 11 is 0. The lowest BCUT2D eigenvalue weighted by Gasteiger charge is -2.16. The molecule has 1 N–H and O–H groups in total. The zero-order valence-corrected chi connectivity index (χ0v) is 13.7. The number of aryl methyl sites for hydroxylation is 2. The Hall–Kier alpha value is -2.44. The van der Waals surface area contributed by atoms with Crippen molar-refractivity contribution in [3.63, 3.8) is 0 Å². The summed E-state index contributed by atoms with van der Waals surface area (Å²) in [6, 6.07) is 0. The van der Waals surface area contributed by atoms with E-state index in [4.69, 9.17) is 0 Å². The van der Waals surface area contributed by atoms with Gasteiger partial charge in [-0.25, -0.2) is 4.98 Å². The van der Waals surface area contributed by atoms with Gasteiger partial charge in [0.05, 0.1) is 17.5 Å². The van der Waals surface area contributed by atoms with Gasteiger partial charge in [-0.1, -0.05) is 0 Å². The van der Waals surface area contributed by atoms with E-state index in [1.165, 1.54) is 6.92 Å². The van der Waals surface area contributed by atoms with Gasteiger partial charge >= 0.3 is 0 Å². The highest BCUT2D eigenvalue weighted by Crippen LogP contribution is 2.20. The Kier molecular flexibility index (Phi) is 4.02. The Balaban J connectivity index is 1.74. The van der Waals surface area contributed by atoms with Crippen molar-refractivity contribution in [3.8, 4) is 0 Å². The highest BCUT2D eigenvalue weighted by atomic mass is 16.2. The monoisotopic (exact) mass is 315 g/mol. The highest BCUT2D eigenvalue weighted by Gasteiger charge is 2.19. The molecule has 2 aromatic rings. The number of carbonyl (C=O) groups excluding carboxylic acids is 2. The second-order valence-corrected chi connectivity index (χ2v) is 5.98. The van der Waals surface area contributed by atoms with Gasteiger partial charge in [-0.3, -0.25) is 14.3 Å². The normalized spacial score (nSPS) is 13.7. The molecular formula is C16H21N5O2. The molecule has 0 atom stereocenters. The third-order valence-corrected chi connectivity index (χ3v) is 4.26. The molecule has 0 saturated heterocycles. The maximum atomic E-state index is 12.3. The number of rotatable bonds is 4. The first-order valence-electron chi connectivity index (χ1n) is 7.86. The average molecular weight is 315 g/mol. The second-order valence-electron chi connectivity index (χ2n) is 5.98. The van der Waals surface area contributed by atoms with Crippen molar-refractivity contribution in [2.45, 2.75) is 53.1 Å². The minimum Gasteiger partial charge on any atom is -0.315 e. The minimum absolute atomic E-state index is 0.0310. The Morgan fingerprint density at radius 1 is 1.30 bits per heavy atom. The third kappa shape index (κ3) is 2.91. The van der Waals surface area contributed by atoms with Gasteiger partial charge in [0.15, 0.2) is 5.78 Å². The van der Waals surface area contributed by atoms with Gasteiger partial charge in [0.2, 0.25) is 5.91 Å². The summed E-state index contributed by atoms with van der Waals surface area (Å²) in [6.45, 7) is 6.08. The fourth-order valence-electron chi connectivity index (χ4n) is 3.19. The predicted molar refractivity (Wildman–Crippen MR) is 85.5 cm³/mol. The second kappa shape index (κ2) is 5.98. The maximum absolute atomic E-state index is 12.3. The number of Topliss-reactive ketones (excluding diaryl/α,β-unsaturated/α-hetero) is 1. The minimum atomic E-state index is -0.168. The lowest BCUT2D eigenvalue weighted by atomic mass is 10.1. The Labute approximate surface area is 134 Å². The number of hydrogen-bond donors (Lipinski definition) is 1. The number of carbonyl (C=O) groups is 2. The number of imidazole rings is 1. The van der Waals surface area contributed by atoms with Crippen LogP contribution in [0.5, 0.6) is 0 Å². The number of nitrogens with zero attached hydrogens (tertiary/aromatic N) is 4. The SMILES string of the molecule is CC(=O)c1c(C)nn(CC(=O)Nc2cnc3n2CCCC3)c1C. The molecule has 122 valence electrons. The number of fused-ring (bicyclic) bond motifs is 1. The molecule has 7 nitrogen and oxygen atoms in total. The van der Waals surface area contributed by atoms with Crippen molar-refractivity contribution in [3.05, 3.63) is 29.0 Å². The molecule has 0 fully saturated rings. The Morgan fingerprint density at radius 2 is 2.09 bits per heavy atom. The van der Waals surface area contributed by atoms with Crippen molar-refractivity contribution >= 4 is 17.5 Å². The highest BCUT2D eigenvalue weighted by molar-refractivity contribution is 5.96. The van der Waals surface area contributed by atoms with E-state index in [0.717, 1.165) is 43.1 Å². The van der Waals surface area contributed by atoms with Crippen LogP contribution >= 0.6 is 0 Å². The molecule has 3 rings (SSSR count). The molecule has 1 aliphatic heterocycles. The molecule has 0 radical (unpaired) electrons.